The van der Waals surface area contributed by atoms with Gasteiger partial charge in [0.25, 0.3) is 0 Å². The van der Waals surface area contributed by atoms with Gasteiger partial charge in [0.1, 0.15) is 0 Å². The Balaban J connectivity index is 1.29. The van der Waals surface area contributed by atoms with Gasteiger partial charge in [0.15, 0.2) is 17.2 Å². The maximum Gasteiger partial charge on any atom is 0.195 e. The predicted molar refractivity (Wildman–Crippen MR) is 90.2 cm³/mol. The van der Waals surface area contributed by atoms with Gasteiger partial charge < -0.3 is 14.2 Å². The highest BCUT2D eigenvalue weighted by Gasteiger charge is 2.33. The van der Waals surface area contributed by atoms with E-state index < -0.39 is 0 Å². The monoisotopic (exact) mass is 322 g/mol. The Morgan fingerprint density at radius 1 is 1.12 bits per heavy atom. The van der Waals surface area contributed by atoms with Gasteiger partial charge >= 0.3 is 0 Å². The molecule has 0 radical (unpaired) electrons. The average molecular weight is 322 g/mol. The fourth-order valence-electron chi connectivity index (χ4n) is 3.19. The van der Waals surface area contributed by atoms with E-state index in [0.29, 0.717) is 12.0 Å². The third-order valence-electron chi connectivity index (χ3n) is 4.98. The third kappa shape index (κ3) is 2.19. The van der Waals surface area contributed by atoms with E-state index in [4.69, 9.17) is 4.42 Å². The Morgan fingerprint density at radius 2 is 2.00 bits per heavy atom. The van der Waals surface area contributed by atoms with Gasteiger partial charge in [-0.05, 0) is 31.0 Å². The summed E-state index contributed by atoms with van der Waals surface area (Å²) in [4.78, 5) is 4.38. The Kier molecular flexibility index (Phi) is 2.95. The van der Waals surface area contributed by atoms with Crippen LogP contribution in [0.2, 0.25) is 0 Å². The maximum absolute atomic E-state index is 5.56. The first-order chi connectivity index (χ1) is 11.8. The van der Waals surface area contributed by atoms with Crippen molar-refractivity contribution in [3.8, 4) is 0 Å². The molecule has 0 amide bonds. The quantitative estimate of drug-likeness (QED) is 0.729. The molecule has 2 aliphatic rings. The summed E-state index contributed by atoms with van der Waals surface area (Å²) in [5, 5.41) is 18.0. The highest BCUT2D eigenvalue weighted by molar-refractivity contribution is 5.86. The van der Waals surface area contributed by atoms with Crippen molar-refractivity contribution < 1.29 is 4.42 Å². The van der Waals surface area contributed by atoms with E-state index in [0.717, 1.165) is 41.4 Å². The highest BCUT2D eigenvalue weighted by Crippen LogP contribution is 2.39. The van der Waals surface area contributed by atoms with Crippen LogP contribution in [0, 0.1) is 0 Å². The van der Waals surface area contributed by atoms with Crippen LogP contribution < -0.4 is 9.80 Å². The lowest BCUT2D eigenvalue weighted by molar-refractivity contribution is 0.484. The first-order valence-corrected chi connectivity index (χ1v) is 8.30. The fraction of sp³-hybridized carbons (Fsp3) is 0.412. The number of furan rings is 1. The molecule has 0 aromatic carbocycles. The number of aromatic nitrogens is 4. The summed E-state index contributed by atoms with van der Waals surface area (Å²) in [7, 11) is 2.04. The molecule has 1 saturated heterocycles. The summed E-state index contributed by atoms with van der Waals surface area (Å²) in [6.07, 6.45) is 5.91. The van der Waals surface area contributed by atoms with Gasteiger partial charge in [0.2, 0.25) is 0 Å². The lowest BCUT2D eigenvalue weighted by Crippen LogP contribution is -2.59. The molecule has 0 unspecified atom stereocenters. The zero-order valence-electron chi connectivity index (χ0n) is 13.5. The summed E-state index contributed by atoms with van der Waals surface area (Å²) in [6.45, 7) is 1.79. The Hall–Kier alpha value is -2.70. The maximum atomic E-state index is 5.56. The fourth-order valence-corrected chi connectivity index (χ4v) is 3.19. The molecule has 1 aliphatic heterocycles. The van der Waals surface area contributed by atoms with Crippen LogP contribution in [0.25, 0.3) is 11.0 Å². The van der Waals surface area contributed by atoms with Gasteiger partial charge in [0, 0.05) is 31.4 Å². The molecular weight excluding hydrogens is 304 g/mol. The largest absolute Gasteiger partial charge is 0.460 e. The number of anilines is 2. The first-order valence-electron chi connectivity index (χ1n) is 8.30. The molecular formula is C17H18N6O. The Labute approximate surface area is 139 Å². The number of nitrogens with zero attached hydrogens (tertiary/aromatic N) is 6. The molecule has 2 fully saturated rings. The second-order valence-electron chi connectivity index (χ2n) is 6.63. The molecule has 1 saturated carbocycles. The molecule has 5 rings (SSSR count). The van der Waals surface area contributed by atoms with Crippen molar-refractivity contribution in [2.75, 3.05) is 29.9 Å². The summed E-state index contributed by atoms with van der Waals surface area (Å²) in [5.41, 5.74) is 1.92. The number of fused-ring (bicyclic) bond motifs is 1. The van der Waals surface area contributed by atoms with Crippen molar-refractivity contribution in [1.29, 1.82) is 0 Å². The molecule has 0 N–H and O–H groups in total. The Bertz CT molecular complexity index is 866. The third-order valence-corrected chi connectivity index (χ3v) is 4.98. The van der Waals surface area contributed by atoms with Crippen LogP contribution in [0.1, 0.15) is 24.5 Å². The van der Waals surface area contributed by atoms with Crippen molar-refractivity contribution in [1.82, 2.24) is 20.4 Å². The average Bonchev–Trinajstić information content (AvgIpc) is 3.30. The van der Waals surface area contributed by atoms with Crippen molar-refractivity contribution >= 4 is 22.6 Å². The lowest BCUT2D eigenvalue weighted by atomic mass is 10.1. The minimum Gasteiger partial charge on any atom is -0.460 e. The second kappa shape index (κ2) is 5.15. The second-order valence-corrected chi connectivity index (χ2v) is 6.63. The number of hydrogen-bond donors (Lipinski definition) is 0. The van der Waals surface area contributed by atoms with E-state index >= 15 is 0 Å². The van der Waals surface area contributed by atoms with Crippen LogP contribution in [0.3, 0.4) is 0 Å². The molecule has 3 aromatic heterocycles. The van der Waals surface area contributed by atoms with Gasteiger partial charge in [0.05, 0.1) is 24.2 Å². The lowest BCUT2D eigenvalue weighted by Gasteiger charge is -2.44. The van der Waals surface area contributed by atoms with Crippen LogP contribution in [0.5, 0.6) is 0 Å². The van der Waals surface area contributed by atoms with Crippen LogP contribution in [0.4, 0.5) is 11.6 Å². The summed E-state index contributed by atoms with van der Waals surface area (Å²) < 4.78 is 5.56. The molecule has 7 nitrogen and oxygen atoms in total. The normalized spacial score (nSPS) is 18.0. The highest BCUT2D eigenvalue weighted by atomic mass is 16.3. The molecule has 0 atom stereocenters. The molecule has 24 heavy (non-hydrogen) atoms. The molecule has 0 spiro atoms. The van der Waals surface area contributed by atoms with Crippen molar-refractivity contribution in [3.63, 3.8) is 0 Å². The van der Waals surface area contributed by atoms with Crippen LogP contribution in [0.15, 0.2) is 35.1 Å². The number of rotatable bonds is 4. The molecule has 4 heterocycles. The summed E-state index contributed by atoms with van der Waals surface area (Å²) in [6, 6.07) is 6.47. The van der Waals surface area contributed by atoms with Crippen molar-refractivity contribution in [2.45, 2.75) is 24.8 Å². The van der Waals surface area contributed by atoms with Gasteiger partial charge in [-0.3, -0.25) is 0 Å². The minimum atomic E-state index is 0.361. The summed E-state index contributed by atoms with van der Waals surface area (Å²) in [5.74, 6) is 2.39. The SMILES string of the molecule is CN(c1nncc2ccoc12)C1CN(c2ccc(C3CC3)nn2)C1. The topological polar surface area (TPSA) is 71.2 Å². The standard InChI is InChI=1S/C17H18N6O/c1-22(17-16-12(6-7-24-16)8-18-21-17)13-9-23(10-13)15-5-4-14(19-20-15)11-2-3-11/h4-8,11,13H,2-3,9-10H2,1H3. The molecule has 122 valence electrons. The van der Waals surface area contributed by atoms with Gasteiger partial charge in [-0.1, -0.05) is 0 Å². The van der Waals surface area contributed by atoms with E-state index in [9.17, 15) is 0 Å². The van der Waals surface area contributed by atoms with Crippen molar-refractivity contribution in [3.05, 3.63) is 36.4 Å². The summed E-state index contributed by atoms with van der Waals surface area (Å²) >= 11 is 0. The minimum absolute atomic E-state index is 0.361. The van der Waals surface area contributed by atoms with Crippen LogP contribution in [-0.4, -0.2) is 46.6 Å². The van der Waals surface area contributed by atoms with Crippen molar-refractivity contribution in [2.24, 2.45) is 0 Å². The molecule has 1 aliphatic carbocycles. The van der Waals surface area contributed by atoms with Crippen LogP contribution in [-0.2, 0) is 0 Å². The number of likely N-dealkylation sites (N-methyl/N-ethyl adjacent to an activating group) is 1. The molecule has 0 bridgehead atoms. The van der Waals surface area contributed by atoms with Crippen LogP contribution >= 0.6 is 0 Å². The van der Waals surface area contributed by atoms with Gasteiger partial charge in [-0.2, -0.15) is 10.2 Å². The van der Waals surface area contributed by atoms with E-state index in [2.05, 4.69) is 42.3 Å². The predicted octanol–water partition coefficient (Wildman–Crippen LogP) is 2.22. The molecule has 3 aromatic rings. The zero-order valence-corrected chi connectivity index (χ0v) is 13.5. The van der Waals surface area contributed by atoms with Gasteiger partial charge in [-0.25, -0.2) is 0 Å². The molecule has 7 heteroatoms. The number of hydrogen-bond acceptors (Lipinski definition) is 7. The van der Waals surface area contributed by atoms with Gasteiger partial charge in [-0.15, -0.1) is 10.2 Å². The smallest absolute Gasteiger partial charge is 0.195 e. The van der Waals surface area contributed by atoms with E-state index in [-0.39, 0.29) is 0 Å². The van der Waals surface area contributed by atoms with E-state index in [1.165, 1.54) is 12.8 Å². The van der Waals surface area contributed by atoms with E-state index in [1.807, 2.05) is 13.1 Å². The Morgan fingerprint density at radius 3 is 2.75 bits per heavy atom. The first kappa shape index (κ1) is 13.7. The zero-order chi connectivity index (χ0) is 16.1. The van der Waals surface area contributed by atoms with E-state index in [1.54, 1.807) is 12.5 Å².